The number of para-hydroxylation sites is 4. The lowest BCUT2D eigenvalue weighted by molar-refractivity contribution is -0.122. The fourth-order valence-corrected chi connectivity index (χ4v) is 5.40. The number of hydrogen-bond donors (Lipinski definition) is 4. The highest BCUT2D eigenvalue weighted by atomic mass is 16.6. The number of carboxylic acid groups (broad SMARTS) is 2. The number of aromatic nitrogens is 6. The first-order valence-corrected chi connectivity index (χ1v) is 24.1. The monoisotopic (exact) mass is 1020 g/mol. The molecule has 4 N–H and O–H groups in total. The van der Waals surface area contributed by atoms with Gasteiger partial charge in [0.25, 0.3) is 6.47 Å². The van der Waals surface area contributed by atoms with E-state index >= 15 is 0 Å². The lowest BCUT2D eigenvalue weighted by atomic mass is 10.1. The van der Waals surface area contributed by atoms with Crippen molar-refractivity contribution in [3.05, 3.63) is 181 Å². The van der Waals surface area contributed by atoms with Crippen molar-refractivity contribution < 1.29 is 48.3 Å². The summed E-state index contributed by atoms with van der Waals surface area (Å²) in [4.78, 5) is 57.7. The van der Waals surface area contributed by atoms with Crippen LogP contribution in [0.1, 0.15) is 96.9 Å². The number of carboxylic acids is 1. The number of nitrogens with zero attached hydrogens (tertiary/aromatic N) is 6. The van der Waals surface area contributed by atoms with Crippen molar-refractivity contribution in [3.63, 3.8) is 0 Å². The normalized spacial score (nSPS) is 9.53. The molecule has 0 aliphatic rings. The Bertz CT molecular complexity index is 2740. The molecule has 394 valence electrons. The van der Waals surface area contributed by atoms with Gasteiger partial charge in [0.2, 0.25) is 11.9 Å². The fraction of sp³-hybridized carbons (Fsp3) is 0.211. The quantitative estimate of drug-likeness (QED) is 0.0585. The van der Waals surface area contributed by atoms with Gasteiger partial charge in [0, 0.05) is 11.4 Å². The van der Waals surface area contributed by atoms with E-state index in [9.17, 15) is 14.7 Å². The maximum atomic E-state index is 12.4. The standard InChI is InChI=1S/C26H24N4O4.C22H16N4O4.4C2H6.CH2O2/c1-26(2,3)34-22(31)18-11-10-12-19(17-18)27-23-28-24(32-20-13-6-4-7-14-20)30-25(29-23)33-21-15-8-5-9-16-21;27-19(28)15-8-7-9-16(14-15)23-20-24-21(29-17-10-3-1-4-11-17)26-22(25-20)30-18-12-5-2-6-13-18;4*1-2;2-1-3/h4-17H,1-3H3,(H,27,28,29,30);1-14H,(H,27,28)(H,23,24,25,26);4*1-2H3;1H,(H,2,3). The zero-order valence-corrected chi connectivity index (χ0v) is 44.1. The van der Waals surface area contributed by atoms with Crippen LogP contribution in [0.4, 0.5) is 23.3 Å². The van der Waals surface area contributed by atoms with Gasteiger partial charge in [-0.2, -0.15) is 19.9 Å². The molecule has 0 fully saturated rings. The summed E-state index contributed by atoms with van der Waals surface area (Å²) in [5.41, 5.74) is 1.02. The van der Waals surface area contributed by atoms with E-state index in [-0.39, 0.29) is 48.0 Å². The van der Waals surface area contributed by atoms with Crippen LogP contribution in [-0.2, 0) is 9.53 Å². The number of aromatic carboxylic acids is 1. The van der Waals surface area contributed by atoms with Crippen LogP contribution in [0.15, 0.2) is 170 Å². The molecule has 2 heterocycles. The Morgan fingerprint density at radius 2 is 0.720 bits per heavy atom. The number of rotatable bonds is 14. The van der Waals surface area contributed by atoms with E-state index in [1.165, 1.54) is 12.1 Å². The maximum absolute atomic E-state index is 12.4. The Balaban J connectivity index is 0.000000435. The largest absolute Gasteiger partial charge is 0.483 e. The summed E-state index contributed by atoms with van der Waals surface area (Å²) in [6, 6.07) is 49.8. The molecule has 2 aromatic heterocycles. The number of nitrogens with one attached hydrogen (secondary N) is 2. The molecule has 8 rings (SSSR count). The Morgan fingerprint density at radius 3 is 1.00 bits per heavy atom. The van der Waals surface area contributed by atoms with Gasteiger partial charge in [-0.15, -0.1) is 9.97 Å². The first-order chi connectivity index (χ1) is 36.4. The predicted octanol–water partition coefficient (Wildman–Crippen LogP) is 14.9. The number of carbonyl (C=O) groups excluding carboxylic acids is 1. The van der Waals surface area contributed by atoms with E-state index in [1.807, 2.05) is 149 Å². The van der Waals surface area contributed by atoms with Gasteiger partial charge in [0.15, 0.2) is 0 Å². The Hall–Kier alpha value is -9.45. The summed E-state index contributed by atoms with van der Waals surface area (Å²) in [5, 5.41) is 22.1. The van der Waals surface area contributed by atoms with Crippen LogP contribution < -0.4 is 29.6 Å². The van der Waals surface area contributed by atoms with Gasteiger partial charge in [-0.1, -0.05) is 140 Å². The van der Waals surface area contributed by atoms with Gasteiger partial charge >= 0.3 is 36.0 Å². The van der Waals surface area contributed by atoms with Crippen LogP contribution in [-0.4, -0.2) is 64.1 Å². The third-order valence-corrected chi connectivity index (χ3v) is 8.12. The van der Waals surface area contributed by atoms with Crippen LogP contribution in [0.5, 0.6) is 47.0 Å². The summed E-state index contributed by atoms with van der Waals surface area (Å²) >= 11 is 0. The minimum atomic E-state index is -1.03. The van der Waals surface area contributed by atoms with Gasteiger partial charge in [0.05, 0.1) is 11.1 Å². The summed E-state index contributed by atoms with van der Waals surface area (Å²) < 4.78 is 28.5. The predicted molar refractivity (Wildman–Crippen MR) is 291 cm³/mol. The van der Waals surface area contributed by atoms with Gasteiger partial charge in [-0.05, 0) is 106 Å². The molecule has 75 heavy (non-hydrogen) atoms. The average Bonchev–Trinajstić information content (AvgIpc) is 3.42. The number of carbonyl (C=O) groups is 3. The molecule has 0 bridgehead atoms. The Morgan fingerprint density at radius 1 is 0.440 bits per heavy atom. The van der Waals surface area contributed by atoms with E-state index in [0.717, 1.165) is 0 Å². The third-order valence-electron chi connectivity index (χ3n) is 8.12. The van der Waals surface area contributed by atoms with Crippen molar-refractivity contribution in [1.29, 1.82) is 0 Å². The Labute approximate surface area is 438 Å². The molecule has 0 saturated heterocycles. The smallest absolute Gasteiger partial charge is 0.338 e. The highest BCUT2D eigenvalue weighted by molar-refractivity contribution is 5.91. The summed E-state index contributed by atoms with van der Waals surface area (Å²) in [7, 11) is 0. The lowest BCUT2D eigenvalue weighted by Gasteiger charge is -2.19. The molecule has 0 unspecified atom stereocenters. The molecule has 6 aromatic carbocycles. The van der Waals surface area contributed by atoms with E-state index < -0.39 is 17.5 Å². The van der Waals surface area contributed by atoms with Crippen LogP contribution >= 0.6 is 0 Å². The first-order valence-electron chi connectivity index (χ1n) is 24.1. The van der Waals surface area contributed by atoms with E-state index in [4.69, 9.17) is 33.6 Å². The van der Waals surface area contributed by atoms with Gasteiger partial charge in [-0.3, -0.25) is 4.79 Å². The van der Waals surface area contributed by atoms with E-state index in [2.05, 4.69) is 40.5 Å². The number of ether oxygens (including phenoxy) is 5. The summed E-state index contributed by atoms with van der Waals surface area (Å²) in [5.74, 6) is 1.11. The summed E-state index contributed by atoms with van der Waals surface area (Å²) in [6.45, 7) is 21.2. The van der Waals surface area contributed by atoms with Crippen molar-refractivity contribution in [2.75, 3.05) is 10.6 Å². The zero-order chi connectivity index (χ0) is 55.4. The van der Waals surface area contributed by atoms with Gasteiger partial charge in [-0.25, -0.2) is 9.59 Å². The molecule has 18 heteroatoms. The van der Waals surface area contributed by atoms with Crippen molar-refractivity contribution in [1.82, 2.24) is 29.9 Å². The highest BCUT2D eigenvalue weighted by Gasteiger charge is 2.19. The Kier molecular flexibility index (Phi) is 28.6. The van der Waals surface area contributed by atoms with Crippen LogP contribution in [0.2, 0.25) is 0 Å². The molecule has 0 aliphatic carbocycles. The van der Waals surface area contributed by atoms with Gasteiger partial charge < -0.3 is 44.5 Å². The molecule has 0 atom stereocenters. The van der Waals surface area contributed by atoms with Crippen molar-refractivity contribution in [2.45, 2.75) is 81.8 Å². The second-order valence-corrected chi connectivity index (χ2v) is 14.4. The number of hydrogen-bond acceptors (Lipinski definition) is 16. The minimum absolute atomic E-state index is 0.0269. The van der Waals surface area contributed by atoms with E-state index in [1.54, 1.807) is 84.9 Å². The third kappa shape index (κ3) is 23.6. The summed E-state index contributed by atoms with van der Waals surface area (Å²) in [6.07, 6.45) is 0. The topological polar surface area (TPSA) is 239 Å². The first kappa shape index (κ1) is 61.7. The zero-order valence-electron chi connectivity index (χ0n) is 44.1. The lowest BCUT2D eigenvalue weighted by Crippen LogP contribution is -2.23. The van der Waals surface area contributed by atoms with Crippen molar-refractivity contribution in [2.24, 2.45) is 0 Å². The van der Waals surface area contributed by atoms with Crippen molar-refractivity contribution >= 4 is 41.7 Å². The number of benzene rings is 6. The SMILES string of the molecule is CC.CC.CC.CC.CC(C)(C)OC(=O)c1cccc(Nc2nc(Oc3ccccc3)nc(Oc3ccccc3)n2)c1.O=C(O)c1cccc(Nc2nc(Oc3ccccc3)nc(Oc3ccccc3)n2)c1.O=CO. The average molecular weight is 1020 g/mol. The molecule has 0 saturated carbocycles. The van der Waals surface area contributed by atoms with Crippen LogP contribution in [0.25, 0.3) is 0 Å². The van der Waals surface area contributed by atoms with Gasteiger partial charge in [0.1, 0.15) is 28.6 Å². The molecule has 18 nitrogen and oxygen atoms in total. The molecule has 0 spiro atoms. The second-order valence-electron chi connectivity index (χ2n) is 14.4. The second kappa shape index (κ2) is 34.8. The highest BCUT2D eigenvalue weighted by Crippen LogP contribution is 2.27. The van der Waals surface area contributed by atoms with Crippen LogP contribution in [0.3, 0.4) is 0 Å². The molecular formula is C57H66N8O10. The molecule has 0 radical (unpaired) electrons. The minimum Gasteiger partial charge on any atom is -0.483 e. The maximum Gasteiger partial charge on any atom is 0.338 e. The number of esters is 1. The van der Waals surface area contributed by atoms with E-state index in [0.29, 0.717) is 39.9 Å². The molecule has 0 aliphatic heterocycles. The van der Waals surface area contributed by atoms with Crippen LogP contribution in [0, 0.1) is 0 Å². The fourth-order valence-electron chi connectivity index (χ4n) is 5.40. The number of anilines is 4. The van der Waals surface area contributed by atoms with Crippen molar-refractivity contribution in [3.8, 4) is 47.0 Å². The molecule has 0 amide bonds. The molecule has 8 aromatic rings. The molecular weight excluding hydrogens is 957 g/mol.